The minimum Gasteiger partial charge on any atom is -0.356 e. The second-order valence-electron chi connectivity index (χ2n) is 11.4. The molecule has 0 aliphatic carbocycles. The number of nitrogens with zero attached hydrogens (tertiary/aromatic N) is 2. The third-order valence-electron chi connectivity index (χ3n) is 7.93. The van der Waals surface area contributed by atoms with Crippen molar-refractivity contribution >= 4 is 23.4 Å². The molecule has 2 N–H and O–H groups in total. The van der Waals surface area contributed by atoms with Crippen molar-refractivity contribution in [2.24, 2.45) is 11.8 Å². The second kappa shape index (κ2) is 13.6. The molecule has 0 aromatic heterocycles. The Bertz CT molecular complexity index is 1030. The summed E-state index contributed by atoms with van der Waals surface area (Å²) in [5, 5.41) is 6.74. The molecule has 0 unspecified atom stereocenters. The van der Waals surface area contributed by atoms with Crippen molar-refractivity contribution in [1.82, 2.24) is 20.4 Å². The highest BCUT2D eigenvalue weighted by atomic mass is 35.5. The van der Waals surface area contributed by atoms with Crippen molar-refractivity contribution < 1.29 is 9.59 Å². The van der Waals surface area contributed by atoms with Gasteiger partial charge in [0.2, 0.25) is 11.8 Å². The van der Waals surface area contributed by atoms with Gasteiger partial charge in [0.15, 0.2) is 0 Å². The first kappa shape index (κ1) is 28.6. The molecule has 38 heavy (non-hydrogen) atoms. The fourth-order valence-electron chi connectivity index (χ4n) is 5.80. The molecular formula is C31H43ClN4O2. The number of likely N-dealkylation sites (tertiary alicyclic amines) is 2. The van der Waals surface area contributed by atoms with Crippen LogP contribution in [0.4, 0.5) is 0 Å². The lowest BCUT2D eigenvalue weighted by atomic mass is 9.94. The number of piperidine rings is 2. The van der Waals surface area contributed by atoms with Gasteiger partial charge in [0.1, 0.15) is 0 Å². The Morgan fingerprint density at radius 2 is 1.18 bits per heavy atom. The van der Waals surface area contributed by atoms with Crippen molar-refractivity contribution in [2.45, 2.75) is 59.5 Å². The van der Waals surface area contributed by atoms with Gasteiger partial charge in [0.05, 0.1) is 0 Å². The average molecular weight is 539 g/mol. The Morgan fingerprint density at radius 1 is 0.737 bits per heavy atom. The molecule has 2 aromatic rings. The molecule has 0 spiro atoms. The minimum atomic E-state index is 0.0602. The van der Waals surface area contributed by atoms with Crippen LogP contribution in [0.15, 0.2) is 36.4 Å². The first-order chi connectivity index (χ1) is 18.2. The van der Waals surface area contributed by atoms with Crippen LogP contribution in [0.1, 0.15) is 56.2 Å². The van der Waals surface area contributed by atoms with Gasteiger partial charge >= 0.3 is 0 Å². The van der Waals surface area contributed by atoms with Gasteiger partial charge in [-0.1, -0.05) is 23.7 Å². The minimum absolute atomic E-state index is 0.0602. The van der Waals surface area contributed by atoms with E-state index in [1.54, 1.807) is 13.8 Å². The zero-order valence-corrected chi connectivity index (χ0v) is 23.9. The van der Waals surface area contributed by atoms with Crippen molar-refractivity contribution in [1.29, 1.82) is 0 Å². The molecule has 2 heterocycles. The van der Waals surface area contributed by atoms with Gasteiger partial charge < -0.3 is 10.6 Å². The summed E-state index contributed by atoms with van der Waals surface area (Å²) in [4.78, 5) is 27.6. The number of nitrogens with one attached hydrogen (secondary N) is 2. The molecule has 7 heteroatoms. The molecule has 2 saturated heterocycles. The van der Waals surface area contributed by atoms with Crippen LogP contribution in [0.3, 0.4) is 0 Å². The van der Waals surface area contributed by atoms with E-state index in [1.165, 1.54) is 27.8 Å². The van der Waals surface area contributed by atoms with Crippen LogP contribution in [-0.4, -0.2) is 60.9 Å². The number of carbonyl (C=O) groups excluding carboxylic acids is 2. The Kier molecular flexibility index (Phi) is 10.2. The van der Waals surface area contributed by atoms with Gasteiger partial charge in [-0.05, 0) is 123 Å². The molecule has 0 bridgehead atoms. The molecule has 0 atom stereocenters. The zero-order chi connectivity index (χ0) is 27.1. The van der Waals surface area contributed by atoms with Gasteiger partial charge in [0.25, 0.3) is 0 Å². The number of benzene rings is 2. The number of rotatable bonds is 9. The summed E-state index contributed by atoms with van der Waals surface area (Å²) in [5.41, 5.74) is 6.25. The summed E-state index contributed by atoms with van der Waals surface area (Å²) in [6.45, 7) is 13.0. The van der Waals surface area contributed by atoms with Gasteiger partial charge in [-0.3, -0.25) is 19.4 Å². The van der Waals surface area contributed by atoms with Crippen LogP contribution in [0.25, 0.3) is 11.1 Å². The van der Waals surface area contributed by atoms with E-state index in [4.69, 9.17) is 11.6 Å². The SMILES string of the molecule is CC(=O)NCC1CCN(Cc2cc(CN3CCC(CNC(C)=O)CC3)cc(-c3cc(C)cc(Cl)c3)c2)CC1. The van der Waals surface area contributed by atoms with E-state index in [9.17, 15) is 9.59 Å². The van der Waals surface area contributed by atoms with Crippen LogP contribution in [-0.2, 0) is 22.7 Å². The second-order valence-corrected chi connectivity index (χ2v) is 11.8. The lowest BCUT2D eigenvalue weighted by Gasteiger charge is -2.33. The smallest absolute Gasteiger partial charge is 0.216 e. The summed E-state index contributed by atoms with van der Waals surface area (Å²) < 4.78 is 0. The van der Waals surface area contributed by atoms with E-state index in [0.29, 0.717) is 11.8 Å². The van der Waals surface area contributed by atoms with E-state index in [0.717, 1.165) is 83.1 Å². The van der Waals surface area contributed by atoms with Crippen LogP contribution in [0.2, 0.25) is 5.02 Å². The molecule has 2 aromatic carbocycles. The highest BCUT2D eigenvalue weighted by Gasteiger charge is 2.22. The fourth-order valence-corrected chi connectivity index (χ4v) is 6.09. The summed E-state index contributed by atoms with van der Waals surface area (Å²) in [6, 6.07) is 13.3. The van der Waals surface area contributed by atoms with E-state index < -0.39 is 0 Å². The molecule has 206 valence electrons. The monoisotopic (exact) mass is 538 g/mol. The van der Waals surface area contributed by atoms with E-state index in [2.05, 4.69) is 57.7 Å². The van der Waals surface area contributed by atoms with Gasteiger partial charge in [-0.2, -0.15) is 0 Å². The van der Waals surface area contributed by atoms with Crippen molar-refractivity contribution in [3.63, 3.8) is 0 Å². The largest absolute Gasteiger partial charge is 0.356 e. The lowest BCUT2D eigenvalue weighted by molar-refractivity contribution is -0.120. The topological polar surface area (TPSA) is 64.7 Å². The number of aryl methyl sites for hydroxylation is 1. The standard InChI is InChI=1S/C31H43ClN4O2/c1-22-12-29(17-31(32)13-22)30-15-27(20-35-8-4-25(5-9-35)18-33-23(2)37)14-28(16-30)21-36-10-6-26(7-11-36)19-34-24(3)38/h12-17,25-26H,4-11,18-21H2,1-3H3,(H,33,37)(H,34,38). The van der Waals surface area contributed by atoms with Crippen LogP contribution < -0.4 is 10.6 Å². The Morgan fingerprint density at radius 3 is 1.61 bits per heavy atom. The third-order valence-corrected chi connectivity index (χ3v) is 8.15. The third kappa shape index (κ3) is 8.82. The summed E-state index contributed by atoms with van der Waals surface area (Å²) >= 11 is 6.44. The molecule has 2 aliphatic heterocycles. The molecule has 2 amide bonds. The number of hydrogen-bond acceptors (Lipinski definition) is 4. The van der Waals surface area contributed by atoms with E-state index in [-0.39, 0.29) is 11.8 Å². The number of carbonyl (C=O) groups is 2. The van der Waals surface area contributed by atoms with Gasteiger partial charge in [-0.25, -0.2) is 0 Å². The van der Waals surface area contributed by atoms with Crippen molar-refractivity contribution in [3.8, 4) is 11.1 Å². The maximum Gasteiger partial charge on any atom is 0.216 e. The van der Waals surface area contributed by atoms with Gasteiger partial charge in [-0.15, -0.1) is 0 Å². The predicted octanol–water partition coefficient (Wildman–Crippen LogP) is 5.01. The number of amides is 2. The van der Waals surface area contributed by atoms with Crippen LogP contribution in [0.5, 0.6) is 0 Å². The van der Waals surface area contributed by atoms with E-state index >= 15 is 0 Å². The van der Waals surface area contributed by atoms with Crippen LogP contribution >= 0.6 is 11.6 Å². The van der Waals surface area contributed by atoms with Gasteiger partial charge in [0, 0.05) is 45.0 Å². The fraction of sp³-hybridized carbons (Fsp3) is 0.548. The molecule has 0 radical (unpaired) electrons. The zero-order valence-electron chi connectivity index (χ0n) is 23.2. The molecule has 6 nitrogen and oxygen atoms in total. The predicted molar refractivity (Wildman–Crippen MR) is 155 cm³/mol. The highest BCUT2D eigenvalue weighted by Crippen LogP contribution is 2.29. The quantitative estimate of drug-likeness (QED) is 0.471. The molecule has 4 rings (SSSR count). The van der Waals surface area contributed by atoms with Crippen molar-refractivity contribution in [2.75, 3.05) is 39.3 Å². The molecular weight excluding hydrogens is 496 g/mol. The first-order valence-electron chi connectivity index (χ1n) is 14.1. The Hall–Kier alpha value is -2.41. The lowest BCUT2D eigenvalue weighted by Crippen LogP contribution is -2.38. The van der Waals surface area contributed by atoms with E-state index in [1.807, 2.05) is 6.07 Å². The summed E-state index contributed by atoms with van der Waals surface area (Å²) in [6.07, 6.45) is 4.48. The maximum atomic E-state index is 11.3. The summed E-state index contributed by atoms with van der Waals surface area (Å²) in [7, 11) is 0. The Balaban J connectivity index is 1.44. The normalized spacial score (nSPS) is 17.9. The summed E-state index contributed by atoms with van der Waals surface area (Å²) in [5.74, 6) is 1.26. The molecule has 0 saturated carbocycles. The Labute approximate surface area is 233 Å². The molecule has 2 aliphatic rings. The number of hydrogen-bond donors (Lipinski definition) is 2. The number of halogens is 1. The molecule has 2 fully saturated rings. The van der Waals surface area contributed by atoms with Crippen LogP contribution in [0, 0.1) is 18.8 Å². The highest BCUT2D eigenvalue weighted by molar-refractivity contribution is 6.31. The van der Waals surface area contributed by atoms with Crippen molar-refractivity contribution in [3.05, 3.63) is 58.1 Å². The first-order valence-corrected chi connectivity index (χ1v) is 14.5. The maximum absolute atomic E-state index is 11.3. The average Bonchev–Trinajstić information content (AvgIpc) is 2.87.